The van der Waals surface area contributed by atoms with Gasteiger partial charge in [-0.25, -0.2) is 0 Å². The molecule has 1 N–H and O–H groups in total. The Morgan fingerprint density at radius 1 is 1.38 bits per heavy atom. The molecule has 3 heterocycles. The highest BCUT2D eigenvalue weighted by atomic mass is 32.2. The number of carbonyl (C=O) groups excluding carboxylic acids is 1. The molecule has 136 valence electrons. The van der Waals surface area contributed by atoms with Gasteiger partial charge in [-0.3, -0.25) is 14.7 Å². The average Bonchev–Trinajstić information content (AvgIpc) is 3.05. The summed E-state index contributed by atoms with van der Waals surface area (Å²) in [4.78, 5) is 12.2. The maximum atomic E-state index is 12.2. The molecule has 10 heteroatoms. The first kappa shape index (κ1) is 17.2. The van der Waals surface area contributed by atoms with Gasteiger partial charge in [0.2, 0.25) is 16.9 Å². The van der Waals surface area contributed by atoms with Gasteiger partial charge in [-0.1, -0.05) is 23.1 Å². The van der Waals surface area contributed by atoms with Crippen LogP contribution in [-0.2, 0) is 4.79 Å². The number of hydrogen-bond acceptors (Lipinski definition) is 8. The van der Waals surface area contributed by atoms with E-state index in [4.69, 9.17) is 4.42 Å². The van der Waals surface area contributed by atoms with Crippen LogP contribution in [-0.4, -0.2) is 36.6 Å². The van der Waals surface area contributed by atoms with Gasteiger partial charge in [0.1, 0.15) is 5.01 Å². The third-order valence-corrected chi connectivity index (χ3v) is 5.81. The number of aromatic nitrogens is 5. The normalized spacial score (nSPS) is 14.1. The van der Waals surface area contributed by atoms with E-state index in [1.807, 2.05) is 30.5 Å². The van der Waals surface area contributed by atoms with Gasteiger partial charge in [-0.15, -0.1) is 20.4 Å². The number of nitrogens with one attached hydrogen (secondary N) is 1. The summed E-state index contributed by atoms with van der Waals surface area (Å²) in [5.74, 6) is 1.94. The summed E-state index contributed by atoms with van der Waals surface area (Å²) >= 11 is 2.79. The van der Waals surface area contributed by atoms with Crippen molar-refractivity contribution < 1.29 is 9.21 Å². The van der Waals surface area contributed by atoms with Crippen molar-refractivity contribution in [2.75, 3.05) is 11.1 Å². The monoisotopic (exact) mass is 390 g/mol. The first-order valence-electron chi connectivity index (χ1n) is 8.36. The van der Waals surface area contributed by atoms with Crippen LogP contribution in [0.3, 0.4) is 0 Å². The number of furan rings is 1. The minimum absolute atomic E-state index is 0.133. The van der Waals surface area contributed by atoms with E-state index in [0.29, 0.717) is 27.8 Å². The molecule has 0 saturated heterocycles. The summed E-state index contributed by atoms with van der Waals surface area (Å²) in [6, 6.07) is 3.80. The van der Waals surface area contributed by atoms with E-state index in [-0.39, 0.29) is 17.7 Å². The van der Waals surface area contributed by atoms with Crippen molar-refractivity contribution in [2.45, 2.75) is 43.8 Å². The van der Waals surface area contributed by atoms with Crippen LogP contribution in [0.2, 0.25) is 0 Å². The summed E-state index contributed by atoms with van der Waals surface area (Å²) in [5.41, 5.74) is 0. The van der Waals surface area contributed by atoms with Crippen LogP contribution in [0, 0.1) is 0 Å². The van der Waals surface area contributed by atoms with E-state index < -0.39 is 0 Å². The maximum absolute atomic E-state index is 12.2. The number of nitrogens with zero attached hydrogens (tertiary/aromatic N) is 5. The molecule has 0 bridgehead atoms. The van der Waals surface area contributed by atoms with Crippen LogP contribution in [0.1, 0.15) is 43.7 Å². The Morgan fingerprint density at radius 3 is 2.92 bits per heavy atom. The van der Waals surface area contributed by atoms with Crippen LogP contribution >= 0.6 is 23.1 Å². The lowest BCUT2D eigenvalue weighted by Crippen LogP contribution is -2.15. The molecule has 1 aliphatic carbocycles. The lowest BCUT2D eigenvalue weighted by atomic mass is 10.3. The van der Waals surface area contributed by atoms with Crippen molar-refractivity contribution >= 4 is 34.1 Å². The van der Waals surface area contributed by atoms with Gasteiger partial charge in [-0.05, 0) is 38.8 Å². The fourth-order valence-electron chi connectivity index (χ4n) is 2.48. The first-order chi connectivity index (χ1) is 12.6. The van der Waals surface area contributed by atoms with Gasteiger partial charge in [0.15, 0.2) is 10.9 Å². The van der Waals surface area contributed by atoms with Crippen molar-refractivity contribution in [1.29, 1.82) is 0 Å². The molecule has 3 aromatic rings. The van der Waals surface area contributed by atoms with E-state index in [1.54, 1.807) is 6.26 Å². The Kier molecular flexibility index (Phi) is 4.77. The standard InChI is InChI=1S/C16H18N6O2S2/c1-9(2)22-13(11-4-3-7-24-11)18-21-16(22)25-8-12(23)17-15-20-19-14(26-15)10-5-6-10/h3-4,7,9-10H,5-6,8H2,1-2H3,(H,17,20,23). The Labute approximate surface area is 158 Å². The zero-order valence-corrected chi connectivity index (χ0v) is 16.0. The zero-order chi connectivity index (χ0) is 18.1. The van der Waals surface area contributed by atoms with E-state index in [0.717, 1.165) is 5.01 Å². The Morgan fingerprint density at radius 2 is 2.23 bits per heavy atom. The molecule has 26 heavy (non-hydrogen) atoms. The summed E-state index contributed by atoms with van der Waals surface area (Å²) in [5, 5.41) is 21.7. The van der Waals surface area contributed by atoms with Crippen molar-refractivity contribution in [3.8, 4) is 11.6 Å². The number of hydrogen-bond donors (Lipinski definition) is 1. The Hall–Kier alpha value is -2.20. The van der Waals surface area contributed by atoms with Crippen LogP contribution in [0.4, 0.5) is 5.13 Å². The van der Waals surface area contributed by atoms with Crippen molar-refractivity contribution in [1.82, 2.24) is 25.0 Å². The van der Waals surface area contributed by atoms with Gasteiger partial charge >= 0.3 is 0 Å². The largest absolute Gasteiger partial charge is 0.461 e. The predicted molar refractivity (Wildman–Crippen MR) is 99.3 cm³/mol. The highest BCUT2D eigenvalue weighted by Gasteiger charge is 2.27. The zero-order valence-electron chi connectivity index (χ0n) is 14.4. The van der Waals surface area contributed by atoms with Crippen molar-refractivity contribution in [3.63, 3.8) is 0 Å². The summed E-state index contributed by atoms with van der Waals surface area (Å²) in [7, 11) is 0. The molecular weight excluding hydrogens is 372 g/mol. The molecule has 0 atom stereocenters. The smallest absolute Gasteiger partial charge is 0.236 e. The highest BCUT2D eigenvalue weighted by molar-refractivity contribution is 7.99. The van der Waals surface area contributed by atoms with E-state index in [9.17, 15) is 4.79 Å². The molecular formula is C16H18N6O2S2. The quantitative estimate of drug-likeness (QED) is 0.616. The predicted octanol–water partition coefficient (Wildman–Crippen LogP) is 3.58. The third kappa shape index (κ3) is 3.65. The molecule has 0 aromatic carbocycles. The van der Waals surface area contributed by atoms with Gasteiger partial charge in [0.25, 0.3) is 0 Å². The van der Waals surface area contributed by atoms with Crippen molar-refractivity contribution in [2.24, 2.45) is 0 Å². The number of anilines is 1. The Balaban J connectivity index is 1.41. The number of amides is 1. The van der Waals surface area contributed by atoms with Gasteiger partial charge in [0.05, 0.1) is 12.0 Å². The van der Waals surface area contributed by atoms with Gasteiger partial charge < -0.3 is 4.42 Å². The molecule has 0 spiro atoms. The fraction of sp³-hybridized carbons (Fsp3) is 0.438. The molecule has 0 radical (unpaired) electrons. The summed E-state index contributed by atoms with van der Waals surface area (Å²) in [6.07, 6.45) is 3.94. The second-order valence-corrected chi connectivity index (χ2v) is 8.26. The third-order valence-electron chi connectivity index (χ3n) is 3.87. The second kappa shape index (κ2) is 7.20. The molecule has 1 saturated carbocycles. The molecule has 0 aliphatic heterocycles. The Bertz CT molecular complexity index is 898. The van der Waals surface area contributed by atoms with Crippen LogP contribution in [0.15, 0.2) is 28.0 Å². The molecule has 0 unspecified atom stereocenters. The number of thioether (sulfide) groups is 1. The van der Waals surface area contributed by atoms with Crippen molar-refractivity contribution in [3.05, 3.63) is 23.4 Å². The minimum atomic E-state index is -0.133. The second-order valence-electron chi connectivity index (χ2n) is 6.30. The van der Waals surface area contributed by atoms with E-state index in [1.165, 1.54) is 35.9 Å². The molecule has 1 fully saturated rings. The lowest BCUT2D eigenvalue weighted by Gasteiger charge is -2.12. The topological polar surface area (TPSA) is 98.7 Å². The maximum Gasteiger partial charge on any atom is 0.236 e. The molecule has 1 amide bonds. The van der Waals surface area contributed by atoms with Crippen LogP contribution < -0.4 is 5.32 Å². The first-order valence-corrected chi connectivity index (χ1v) is 10.2. The lowest BCUT2D eigenvalue weighted by molar-refractivity contribution is -0.113. The number of carbonyl (C=O) groups is 1. The van der Waals surface area contributed by atoms with Crippen LogP contribution in [0.5, 0.6) is 0 Å². The fourth-order valence-corrected chi connectivity index (χ4v) is 4.28. The SMILES string of the molecule is CC(C)n1c(SCC(=O)Nc2nnc(C3CC3)s2)nnc1-c1ccco1. The highest BCUT2D eigenvalue weighted by Crippen LogP contribution is 2.42. The van der Waals surface area contributed by atoms with E-state index >= 15 is 0 Å². The average molecular weight is 390 g/mol. The number of rotatable bonds is 7. The minimum Gasteiger partial charge on any atom is -0.461 e. The molecule has 3 aromatic heterocycles. The molecule has 8 nitrogen and oxygen atoms in total. The molecule has 4 rings (SSSR count). The molecule has 1 aliphatic rings. The van der Waals surface area contributed by atoms with E-state index in [2.05, 4.69) is 25.7 Å². The van der Waals surface area contributed by atoms with Gasteiger partial charge in [0, 0.05) is 12.0 Å². The van der Waals surface area contributed by atoms with Gasteiger partial charge in [-0.2, -0.15) is 0 Å². The summed E-state index contributed by atoms with van der Waals surface area (Å²) in [6.45, 7) is 4.08. The summed E-state index contributed by atoms with van der Waals surface area (Å²) < 4.78 is 7.39. The van der Waals surface area contributed by atoms with Crippen LogP contribution in [0.25, 0.3) is 11.6 Å².